The van der Waals surface area contributed by atoms with Crippen molar-refractivity contribution in [2.24, 2.45) is 10.3 Å². The fraction of sp³-hybridized carbons (Fsp3) is 0.250. The Balaban J connectivity index is 1.48. The highest BCUT2D eigenvalue weighted by atomic mass is 19.2. The van der Waals surface area contributed by atoms with Crippen LogP contribution in [0.15, 0.2) is 46.7 Å². The molecule has 2 aromatic rings. The van der Waals surface area contributed by atoms with Crippen LogP contribution in [0.3, 0.4) is 0 Å². The number of imide groups is 1. The first-order valence-electron chi connectivity index (χ1n) is 9.36. The largest absolute Gasteiger partial charge is 0.493 e. The van der Waals surface area contributed by atoms with Gasteiger partial charge in [-0.1, -0.05) is 5.22 Å². The van der Waals surface area contributed by atoms with Crippen molar-refractivity contribution in [1.82, 2.24) is 5.01 Å². The molecule has 2 atom stereocenters. The smallest absolute Gasteiger partial charge is 0.263 e. The van der Waals surface area contributed by atoms with E-state index in [0.29, 0.717) is 17.2 Å². The third kappa shape index (κ3) is 3.59. The van der Waals surface area contributed by atoms with E-state index in [9.17, 15) is 23.2 Å². The molecule has 0 bridgehead atoms. The SMILES string of the molecule is COc1ccc(NC(=O)CN2N=N[C@@H]3C(=O)N(c4ccc(F)c(F)c4)C(=O)[C@@H]32)cc1OC. The summed E-state index contributed by atoms with van der Waals surface area (Å²) in [5.74, 6) is -3.43. The van der Waals surface area contributed by atoms with E-state index >= 15 is 0 Å². The predicted octanol–water partition coefficient (Wildman–Crippen LogP) is 1.91. The minimum absolute atomic E-state index is 0.127. The van der Waals surface area contributed by atoms with E-state index in [2.05, 4.69) is 15.7 Å². The van der Waals surface area contributed by atoms with E-state index in [4.69, 9.17) is 9.47 Å². The van der Waals surface area contributed by atoms with Crippen LogP contribution in [0.4, 0.5) is 20.2 Å². The Labute approximate surface area is 180 Å². The third-order valence-electron chi connectivity index (χ3n) is 4.99. The maximum absolute atomic E-state index is 13.6. The minimum Gasteiger partial charge on any atom is -0.493 e. The molecule has 32 heavy (non-hydrogen) atoms. The zero-order valence-electron chi connectivity index (χ0n) is 16.9. The monoisotopic (exact) mass is 445 g/mol. The number of ether oxygens (including phenoxy) is 2. The lowest BCUT2D eigenvalue weighted by Crippen LogP contribution is -2.43. The maximum atomic E-state index is 13.6. The van der Waals surface area contributed by atoms with Crippen LogP contribution >= 0.6 is 0 Å². The van der Waals surface area contributed by atoms with Gasteiger partial charge in [0.1, 0.15) is 6.54 Å². The standard InChI is InChI=1S/C20H17F2N5O5/c1-31-14-6-3-10(7-15(14)32-2)23-16(28)9-26-18-17(24-25-26)19(29)27(20(18)30)11-4-5-12(21)13(22)8-11/h3-8,17-18H,9H2,1-2H3,(H,23,28)/t17-,18+/m0/s1. The first kappa shape index (κ1) is 21.2. The molecule has 0 spiro atoms. The summed E-state index contributed by atoms with van der Waals surface area (Å²) in [4.78, 5) is 38.7. The quantitative estimate of drug-likeness (QED) is 0.680. The van der Waals surface area contributed by atoms with Crippen LogP contribution in [0.1, 0.15) is 0 Å². The van der Waals surface area contributed by atoms with E-state index in [-0.39, 0.29) is 12.2 Å². The van der Waals surface area contributed by atoms with Gasteiger partial charge in [0.05, 0.1) is 19.9 Å². The van der Waals surface area contributed by atoms with Crippen LogP contribution in [0.25, 0.3) is 0 Å². The first-order valence-corrected chi connectivity index (χ1v) is 9.36. The average Bonchev–Trinajstić information content (AvgIpc) is 3.29. The molecule has 2 aliphatic heterocycles. The Morgan fingerprint density at radius 2 is 1.78 bits per heavy atom. The molecule has 10 nitrogen and oxygen atoms in total. The number of anilines is 2. The molecule has 12 heteroatoms. The molecule has 1 N–H and O–H groups in total. The van der Waals surface area contributed by atoms with Crippen LogP contribution < -0.4 is 19.7 Å². The Bertz CT molecular complexity index is 1140. The molecule has 3 amide bonds. The van der Waals surface area contributed by atoms with Crippen molar-refractivity contribution < 1.29 is 32.6 Å². The van der Waals surface area contributed by atoms with Crippen LogP contribution in [0.2, 0.25) is 0 Å². The van der Waals surface area contributed by atoms with Crippen molar-refractivity contribution in [3.63, 3.8) is 0 Å². The summed E-state index contributed by atoms with van der Waals surface area (Å²) < 4.78 is 37.1. The number of amides is 3. The van der Waals surface area contributed by atoms with Crippen LogP contribution in [-0.2, 0) is 14.4 Å². The minimum atomic E-state index is -1.20. The van der Waals surface area contributed by atoms with Gasteiger partial charge in [-0.05, 0) is 24.3 Å². The van der Waals surface area contributed by atoms with Crippen molar-refractivity contribution >= 4 is 29.1 Å². The molecule has 0 aromatic heterocycles. The second-order valence-electron chi connectivity index (χ2n) is 6.92. The zero-order valence-corrected chi connectivity index (χ0v) is 16.9. The second-order valence-corrected chi connectivity index (χ2v) is 6.92. The number of halogens is 2. The van der Waals surface area contributed by atoms with Crippen LogP contribution in [0.5, 0.6) is 11.5 Å². The molecule has 2 aliphatic rings. The number of nitrogens with one attached hydrogen (secondary N) is 1. The van der Waals surface area contributed by atoms with Crippen molar-refractivity contribution in [2.75, 3.05) is 31.0 Å². The highest BCUT2D eigenvalue weighted by Gasteiger charge is 2.55. The topological polar surface area (TPSA) is 113 Å². The van der Waals surface area contributed by atoms with Crippen molar-refractivity contribution in [2.45, 2.75) is 12.1 Å². The van der Waals surface area contributed by atoms with Gasteiger partial charge >= 0.3 is 0 Å². The molecular formula is C20H17F2N5O5. The van der Waals surface area contributed by atoms with Gasteiger partial charge in [-0.3, -0.25) is 19.4 Å². The maximum Gasteiger partial charge on any atom is 0.263 e. The number of hydrogen-bond donors (Lipinski definition) is 1. The molecule has 0 saturated carbocycles. The number of carbonyl (C=O) groups is 3. The molecule has 0 unspecified atom stereocenters. The molecular weight excluding hydrogens is 428 g/mol. The Kier molecular flexibility index (Phi) is 5.43. The van der Waals surface area contributed by atoms with Gasteiger partial charge in [0.2, 0.25) is 5.91 Å². The molecule has 2 heterocycles. The number of hydrogen-bond acceptors (Lipinski definition) is 8. The van der Waals surface area contributed by atoms with Gasteiger partial charge in [0, 0.05) is 17.8 Å². The highest BCUT2D eigenvalue weighted by molar-refractivity contribution is 6.25. The molecule has 0 aliphatic carbocycles. The number of methoxy groups -OCH3 is 2. The zero-order chi connectivity index (χ0) is 23.0. The van der Waals surface area contributed by atoms with Gasteiger partial charge in [-0.15, -0.1) is 0 Å². The van der Waals surface area contributed by atoms with Gasteiger partial charge in [-0.2, -0.15) is 5.11 Å². The third-order valence-corrected chi connectivity index (χ3v) is 4.99. The van der Waals surface area contributed by atoms with E-state index in [1.165, 1.54) is 14.2 Å². The molecule has 1 saturated heterocycles. The summed E-state index contributed by atoms with van der Waals surface area (Å²) in [5.41, 5.74) is 0.288. The summed E-state index contributed by atoms with van der Waals surface area (Å²) in [6, 6.07) is 5.10. The lowest BCUT2D eigenvalue weighted by Gasteiger charge is -2.20. The van der Waals surface area contributed by atoms with Gasteiger partial charge in [-0.25, -0.2) is 13.7 Å². The predicted molar refractivity (Wildman–Crippen MR) is 106 cm³/mol. The number of carbonyl (C=O) groups excluding carboxylic acids is 3. The summed E-state index contributed by atoms with van der Waals surface area (Å²) in [6.45, 7) is -0.371. The number of nitrogens with zero attached hydrogens (tertiary/aromatic N) is 4. The molecule has 1 fully saturated rings. The van der Waals surface area contributed by atoms with Crippen LogP contribution in [-0.4, -0.2) is 55.6 Å². The van der Waals surface area contributed by atoms with Crippen LogP contribution in [0, 0.1) is 11.6 Å². The van der Waals surface area contributed by atoms with E-state index in [1.54, 1.807) is 18.2 Å². The highest BCUT2D eigenvalue weighted by Crippen LogP contribution is 2.33. The summed E-state index contributed by atoms with van der Waals surface area (Å²) >= 11 is 0. The average molecular weight is 445 g/mol. The fourth-order valence-corrected chi connectivity index (χ4v) is 3.49. The number of benzene rings is 2. The summed E-state index contributed by atoms with van der Waals surface area (Å²) in [5, 5.41) is 11.3. The summed E-state index contributed by atoms with van der Waals surface area (Å²) in [7, 11) is 2.93. The normalized spacial score (nSPS) is 19.4. The second kappa shape index (κ2) is 8.21. The van der Waals surface area contributed by atoms with E-state index in [1.807, 2.05) is 0 Å². The molecule has 4 rings (SSSR count). The lowest BCUT2D eigenvalue weighted by atomic mass is 10.1. The van der Waals surface area contributed by atoms with Gasteiger partial charge in [0.15, 0.2) is 35.2 Å². The molecule has 0 radical (unpaired) electrons. The molecule has 2 aromatic carbocycles. The number of fused-ring (bicyclic) bond motifs is 1. The lowest BCUT2D eigenvalue weighted by molar-refractivity contribution is -0.123. The van der Waals surface area contributed by atoms with Crippen molar-refractivity contribution in [3.05, 3.63) is 48.0 Å². The van der Waals surface area contributed by atoms with Gasteiger partial charge in [0.25, 0.3) is 11.8 Å². The Morgan fingerprint density at radius 3 is 2.47 bits per heavy atom. The van der Waals surface area contributed by atoms with E-state index < -0.39 is 41.4 Å². The van der Waals surface area contributed by atoms with Gasteiger partial charge < -0.3 is 14.8 Å². The molecule has 166 valence electrons. The first-order chi connectivity index (χ1) is 15.3. The van der Waals surface area contributed by atoms with E-state index in [0.717, 1.165) is 28.1 Å². The summed E-state index contributed by atoms with van der Waals surface area (Å²) in [6.07, 6.45) is 0. The van der Waals surface area contributed by atoms with Crippen molar-refractivity contribution in [1.29, 1.82) is 0 Å². The van der Waals surface area contributed by atoms with Crippen molar-refractivity contribution in [3.8, 4) is 11.5 Å². The Hall–Kier alpha value is -4.09. The Morgan fingerprint density at radius 1 is 1.03 bits per heavy atom. The fourth-order valence-electron chi connectivity index (χ4n) is 3.49. The number of rotatable bonds is 6.